The van der Waals surface area contributed by atoms with Crippen LogP contribution in [-0.2, 0) is 0 Å². The Morgan fingerprint density at radius 2 is 0.818 bits per heavy atom. The smallest absolute Gasteiger partial charge is 1.00 e. The molecule has 0 atom stereocenters. The molecule has 0 bridgehead atoms. The van der Waals surface area contributed by atoms with E-state index in [0.717, 1.165) is 0 Å². The molecule has 0 aliphatic carbocycles. The SMILES string of the molecule is [Cl][Al]([Cl])[Cl].[H-].[H-].[Mg+2].c1ccccc1. The average Bonchev–Trinajstić information content (AvgIpc) is 1.90. The molecule has 1 aromatic carbocycles. The van der Waals surface area contributed by atoms with Gasteiger partial charge in [0.2, 0.25) is 0 Å². The van der Waals surface area contributed by atoms with Gasteiger partial charge in [-0.1, -0.05) is 36.4 Å². The molecule has 0 aliphatic rings. The molecule has 0 aliphatic heterocycles. The molecule has 1 rings (SSSR count). The fourth-order valence-corrected chi connectivity index (χ4v) is 0.385. The van der Waals surface area contributed by atoms with E-state index < -0.39 is 11.4 Å². The van der Waals surface area contributed by atoms with Gasteiger partial charge in [-0.25, -0.2) is 30.1 Å². The zero-order chi connectivity index (χ0) is 7.82. The van der Waals surface area contributed by atoms with Crippen molar-refractivity contribution in [3.05, 3.63) is 36.4 Å². The summed E-state index contributed by atoms with van der Waals surface area (Å²) in [5.41, 5.74) is 0. The van der Waals surface area contributed by atoms with Crippen LogP contribution in [0.4, 0.5) is 0 Å². The zero-order valence-corrected chi connectivity index (χ0v) is 10.7. The third-order valence-electron chi connectivity index (χ3n) is 0.667. The van der Waals surface area contributed by atoms with E-state index in [1.165, 1.54) is 0 Å². The van der Waals surface area contributed by atoms with E-state index in [1.54, 1.807) is 0 Å². The van der Waals surface area contributed by atoms with Crippen molar-refractivity contribution in [2.45, 2.75) is 0 Å². The Morgan fingerprint density at radius 3 is 0.909 bits per heavy atom. The Kier molecular flexibility index (Phi) is 15.4. The van der Waals surface area contributed by atoms with Gasteiger partial charge < -0.3 is 2.85 Å². The van der Waals surface area contributed by atoms with Crippen LogP contribution >= 0.6 is 30.1 Å². The number of halogens is 3. The van der Waals surface area contributed by atoms with Crippen LogP contribution in [0.25, 0.3) is 0 Å². The van der Waals surface area contributed by atoms with Gasteiger partial charge in [0.15, 0.2) is 0 Å². The number of hydrogen-bond donors (Lipinski definition) is 0. The molecule has 0 aromatic heterocycles. The summed E-state index contributed by atoms with van der Waals surface area (Å²) >= 11 is -1.72. The van der Waals surface area contributed by atoms with Crippen molar-refractivity contribution in [1.29, 1.82) is 0 Å². The Labute approximate surface area is 103 Å². The molecular weight excluding hydrogens is 230 g/mol. The fourth-order valence-electron chi connectivity index (χ4n) is 0.385. The monoisotopic (exact) mass is 236 g/mol. The molecule has 1 aromatic rings. The van der Waals surface area contributed by atoms with E-state index in [4.69, 9.17) is 30.1 Å². The predicted octanol–water partition coefficient (Wildman–Crippen LogP) is 3.22. The number of rotatable bonds is 0. The first-order valence-corrected chi connectivity index (χ1v) is 7.89. The van der Waals surface area contributed by atoms with Crippen LogP contribution in [0.5, 0.6) is 0 Å². The van der Waals surface area contributed by atoms with Gasteiger partial charge in [-0.3, -0.25) is 0 Å². The Hall–Kier alpha value is 1.39. The molecule has 0 fully saturated rings. The molecule has 0 saturated carbocycles. The zero-order valence-electron chi connectivity index (χ0n) is 7.88. The summed E-state index contributed by atoms with van der Waals surface area (Å²) in [5, 5.41) is 0. The van der Waals surface area contributed by atoms with Crippen LogP contribution in [0.2, 0.25) is 0 Å². The van der Waals surface area contributed by atoms with Crippen molar-refractivity contribution in [2.75, 3.05) is 0 Å². The molecule has 0 saturated heterocycles. The second-order valence-electron chi connectivity index (χ2n) is 1.40. The average molecular weight is 238 g/mol. The summed E-state index contributed by atoms with van der Waals surface area (Å²) in [6.45, 7) is 0. The third kappa shape index (κ3) is 18.4. The van der Waals surface area contributed by atoms with Gasteiger partial charge in [0.25, 0.3) is 0 Å². The summed E-state index contributed by atoms with van der Waals surface area (Å²) in [6, 6.07) is 12.0. The van der Waals surface area contributed by atoms with Crippen LogP contribution in [0, 0.1) is 0 Å². The van der Waals surface area contributed by atoms with E-state index in [0.29, 0.717) is 0 Å². The fraction of sp³-hybridized carbons (Fsp3) is 0. The van der Waals surface area contributed by atoms with Gasteiger partial charge in [-0.05, 0) is 0 Å². The van der Waals surface area contributed by atoms with E-state index >= 15 is 0 Å². The molecule has 11 heavy (non-hydrogen) atoms. The molecule has 58 valence electrons. The summed E-state index contributed by atoms with van der Waals surface area (Å²) < 4.78 is 0. The normalized spacial score (nSPS) is 6.82. The molecule has 5 heteroatoms. The molecule has 0 N–H and O–H groups in total. The maximum atomic E-state index is 4.94. The standard InChI is InChI=1S/C6H6.Al.3ClH.Mg.2H/c1-2-4-6-5-3-1;;;;;;;/h1-6H;;3*1H;;;/q;+3;;;;+2;2*-1/p-3. The summed E-state index contributed by atoms with van der Waals surface area (Å²) in [4.78, 5) is 0. The first-order valence-electron chi connectivity index (χ1n) is 2.65. The Balaban J connectivity index is -0.0000000536. The summed E-state index contributed by atoms with van der Waals surface area (Å²) in [6.07, 6.45) is 0. The summed E-state index contributed by atoms with van der Waals surface area (Å²) in [5.74, 6) is 0. The second-order valence-corrected chi connectivity index (χ2v) is 7.84. The topological polar surface area (TPSA) is 0 Å². The minimum atomic E-state index is -1.72. The first kappa shape index (κ1) is 14.9. The largest absolute Gasteiger partial charge is 2.00 e. The van der Waals surface area contributed by atoms with Gasteiger partial charge in [0, 0.05) is 0 Å². The minimum absolute atomic E-state index is 0. The van der Waals surface area contributed by atoms with Crippen LogP contribution in [0.1, 0.15) is 2.85 Å². The second kappa shape index (κ2) is 11.4. The van der Waals surface area contributed by atoms with Crippen LogP contribution in [0.3, 0.4) is 0 Å². The Bertz CT molecular complexity index is 126. The van der Waals surface area contributed by atoms with Crippen molar-refractivity contribution in [1.82, 2.24) is 0 Å². The number of hydrogen-bond acceptors (Lipinski definition) is 0. The molecule has 0 spiro atoms. The minimum Gasteiger partial charge on any atom is -1.00 e. The van der Waals surface area contributed by atoms with Gasteiger partial charge in [0.05, 0.1) is 0 Å². The van der Waals surface area contributed by atoms with Crippen molar-refractivity contribution < 1.29 is 2.85 Å². The van der Waals surface area contributed by atoms with Crippen LogP contribution in [-0.4, -0.2) is 34.4 Å². The van der Waals surface area contributed by atoms with Gasteiger partial charge >= 0.3 is 34.4 Å². The first-order chi connectivity index (χ1) is 4.73. The maximum Gasteiger partial charge on any atom is 2.00 e. The van der Waals surface area contributed by atoms with E-state index in [2.05, 4.69) is 0 Å². The third-order valence-corrected chi connectivity index (χ3v) is 0.667. The van der Waals surface area contributed by atoms with E-state index in [9.17, 15) is 0 Å². The molecule has 0 heterocycles. The quantitative estimate of drug-likeness (QED) is 0.608. The maximum absolute atomic E-state index is 4.94. The van der Waals surface area contributed by atoms with Gasteiger partial charge in [0.1, 0.15) is 0 Å². The summed E-state index contributed by atoms with van der Waals surface area (Å²) in [7, 11) is 14.8. The van der Waals surface area contributed by atoms with Crippen LogP contribution < -0.4 is 0 Å². The van der Waals surface area contributed by atoms with Crippen molar-refractivity contribution in [3.63, 3.8) is 0 Å². The molecule has 0 radical (unpaired) electrons. The van der Waals surface area contributed by atoms with Crippen LogP contribution in [0.15, 0.2) is 36.4 Å². The predicted molar refractivity (Wildman–Crippen MR) is 57.7 cm³/mol. The Morgan fingerprint density at radius 1 is 0.727 bits per heavy atom. The molecule has 0 nitrogen and oxygen atoms in total. The number of benzene rings is 1. The van der Waals surface area contributed by atoms with Crippen molar-refractivity contribution in [3.8, 4) is 0 Å². The van der Waals surface area contributed by atoms with E-state index in [-0.39, 0.29) is 25.9 Å². The van der Waals surface area contributed by atoms with Crippen molar-refractivity contribution in [2.24, 2.45) is 0 Å². The van der Waals surface area contributed by atoms with Gasteiger partial charge in [-0.2, -0.15) is 0 Å². The van der Waals surface area contributed by atoms with Crippen molar-refractivity contribution >= 4 is 64.6 Å². The molecule has 0 amide bonds. The molecule has 0 unspecified atom stereocenters. The van der Waals surface area contributed by atoms with E-state index in [1.807, 2.05) is 36.4 Å². The van der Waals surface area contributed by atoms with Gasteiger partial charge in [-0.15, -0.1) is 0 Å². The molecular formula is C6H8AlCl3Mg.